The number of ether oxygens (including phenoxy) is 3. The van der Waals surface area contributed by atoms with E-state index in [0.717, 1.165) is 51.4 Å². The Kier molecular flexibility index (Phi) is 5.18. The first kappa shape index (κ1) is 21.7. The molecule has 3 heterocycles. The number of anilines is 1. The first-order valence-corrected chi connectivity index (χ1v) is 12.9. The smallest absolute Gasteiger partial charge is 0.310 e. The monoisotopic (exact) mass is 454 g/mol. The van der Waals surface area contributed by atoms with Gasteiger partial charge in [0.2, 0.25) is 0 Å². The minimum Gasteiger partial charge on any atom is -0.497 e. The van der Waals surface area contributed by atoms with Crippen LogP contribution in [0.25, 0.3) is 0 Å². The molecule has 3 saturated heterocycles. The minimum atomic E-state index is 0.0111. The molecule has 2 aliphatic carbocycles. The van der Waals surface area contributed by atoms with Gasteiger partial charge in [0, 0.05) is 43.8 Å². The summed E-state index contributed by atoms with van der Waals surface area (Å²) < 4.78 is 17.4. The number of epoxide rings is 1. The molecule has 1 spiro atoms. The van der Waals surface area contributed by atoms with E-state index in [-0.39, 0.29) is 29.0 Å². The fraction of sp³-hybridized carbons (Fsp3) is 0.741. The summed E-state index contributed by atoms with van der Waals surface area (Å²) in [6.07, 6.45) is 5.93. The highest BCUT2D eigenvalue weighted by Crippen LogP contribution is 2.62. The number of hydrogen-bond donors (Lipinski definition) is 0. The van der Waals surface area contributed by atoms with E-state index in [1.807, 2.05) is 12.1 Å². The largest absolute Gasteiger partial charge is 0.497 e. The third-order valence-corrected chi connectivity index (χ3v) is 9.65. The fourth-order valence-electron chi connectivity index (χ4n) is 7.80. The maximum absolute atomic E-state index is 13.0. The van der Waals surface area contributed by atoms with Gasteiger partial charge in [0.25, 0.3) is 0 Å². The Balaban J connectivity index is 1.12. The normalized spacial score (nSPS) is 42.6. The van der Waals surface area contributed by atoms with Crippen LogP contribution in [0.15, 0.2) is 24.3 Å². The molecule has 1 aromatic rings. The van der Waals surface area contributed by atoms with E-state index in [2.05, 4.69) is 35.8 Å². The van der Waals surface area contributed by atoms with Crippen molar-refractivity contribution in [1.29, 1.82) is 0 Å². The molecule has 6 nitrogen and oxygen atoms in total. The van der Waals surface area contributed by atoms with Crippen LogP contribution in [-0.2, 0) is 14.3 Å². The van der Waals surface area contributed by atoms with Crippen LogP contribution < -0.4 is 9.64 Å². The number of piperazine rings is 1. The lowest BCUT2D eigenvalue weighted by molar-refractivity contribution is -0.147. The molecule has 0 aromatic heterocycles. The van der Waals surface area contributed by atoms with Gasteiger partial charge in [0.05, 0.1) is 25.2 Å². The molecule has 33 heavy (non-hydrogen) atoms. The predicted octanol–water partition coefficient (Wildman–Crippen LogP) is 3.73. The Hall–Kier alpha value is -1.79. The summed E-state index contributed by atoms with van der Waals surface area (Å²) in [7, 11) is 1.70. The quantitative estimate of drug-likeness (QED) is 0.510. The molecular weight excluding hydrogens is 416 g/mol. The summed E-state index contributed by atoms with van der Waals surface area (Å²) in [5.41, 5.74) is 1.62. The zero-order valence-electron chi connectivity index (χ0n) is 20.3. The van der Waals surface area contributed by atoms with E-state index in [9.17, 15) is 4.79 Å². The molecule has 3 aliphatic heterocycles. The molecular formula is C27H38N2O4. The van der Waals surface area contributed by atoms with E-state index in [1.165, 1.54) is 24.9 Å². The number of rotatable bonds is 4. The number of fused-ring (bicyclic) bond motifs is 3. The summed E-state index contributed by atoms with van der Waals surface area (Å²) in [6.45, 7) is 9.40. The molecule has 0 unspecified atom stereocenters. The maximum atomic E-state index is 13.0. The van der Waals surface area contributed by atoms with Crippen molar-refractivity contribution in [2.75, 3.05) is 44.8 Å². The van der Waals surface area contributed by atoms with Gasteiger partial charge in [-0.25, -0.2) is 0 Å². The van der Waals surface area contributed by atoms with E-state index in [0.29, 0.717) is 17.9 Å². The summed E-state index contributed by atoms with van der Waals surface area (Å²) in [4.78, 5) is 18.0. The molecule has 6 rings (SSSR count). The van der Waals surface area contributed by atoms with Gasteiger partial charge in [-0.15, -0.1) is 0 Å². The van der Waals surface area contributed by atoms with Gasteiger partial charge in [-0.05, 0) is 74.6 Å². The average molecular weight is 455 g/mol. The molecule has 6 heteroatoms. The van der Waals surface area contributed by atoms with Gasteiger partial charge in [-0.2, -0.15) is 0 Å². The Bertz CT molecular complexity index is 900. The second-order valence-electron chi connectivity index (χ2n) is 11.6. The van der Waals surface area contributed by atoms with Crippen LogP contribution in [0, 0.1) is 23.2 Å². The number of methoxy groups -OCH3 is 1. The van der Waals surface area contributed by atoms with Gasteiger partial charge in [-0.1, -0.05) is 6.92 Å². The lowest BCUT2D eigenvalue weighted by Gasteiger charge is -2.51. The molecule has 0 amide bonds. The SMILES string of the molecule is COc1ccc(N2CCN(C[C@@H]3C(=O)O[C@@H]4C[C@@]5(C)CCC[C@@]6(CO6)[C@@H]5C[C@H]34)C[C@H]2C)cc1. The number of benzene rings is 1. The lowest BCUT2D eigenvalue weighted by Crippen LogP contribution is -2.54. The molecule has 5 aliphatic rings. The third kappa shape index (κ3) is 3.65. The van der Waals surface area contributed by atoms with E-state index in [4.69, 9.17) is 14.2 Å². The lowest BCUT2D eigenvalue weighted by atomic mass is 9.53. The standard InChI is InChI=1S/C27H38N2O4/c1-18-15-28(11-12-29(18)19-5-7-20(31-3)8-6-19)16-22-21-13-24-26(2,14-23(21)33-25(22)30)9-4-10-27(24)17-32-27/h5-8,18,21-24H,4,9-17H2,1-3H3/t18-,21-,22+,23-,24-,26-,27-/m1/s1. The first-order chi connectivity index (χ1) is 15.9. The minimum absolute atomic E-state index is 0.0111. The number of nitrogens with zero attached hydrogens (tertiary/aromatic N) is 2. The van der Waals surface area contributed by atoms with Crippen molar-refractivity contribution in [2.24, 2.45) is 23.2 Å². The van der Waals surface area contributed by atoms with Crippen LogP contribution in [-0.4, -0.2) is 68.5 Å². The van der Waals surface area contributed by atoms with Crippen molar-refractivity contribution in [3.8, 4) is 5.75 Å². The molecule has 0 radical (unpaired) electrons. The first-order valence-electron chi connectivity index (χ1n) is 12.9. The molecule has 180 valence electrons. The van der Waals surface area contributed by atoms with Gasteiger partial charge in [0.15, 0.2) is 0 Å². The van der Waals surface area contributed by atoms with Crippen molar-refractivity contribution in [3.63, 3.8) is 0 Å². The fourth-order valence-corrected chi connectivity index (χ4v) is 7.80. The highest BCUT2D eigenvalue weighted by atomic mass is 16.6. The molecule has 1 aromatic carbocycles. The van der Waals surface area contributed by atoms with Crippen molar-refractivity contribution >= 4 is 11.7 Å². The zero-order chi connectivity index (χ0) is 22.8. The molecule has 5 fully saturated rings. The topological polar surface area (TPSA) is 54.5 Å². The Morgan fingerprint density at radius 1 is 1.18 bits per heavy atom. The van der Waals surface area contributed by atoms with Crippen LogP contribution in [0.3, 0.4) is 0 Å². The van der Waals surface area contributed by atoms with Crippen LogP contribution in [0.1, 0.15) is 46.0 Å². The third-order valence-electron chi connectivity index (χ3n) is 9.65. The van der Waals surface area contributed by atoms with Crippen molar-refractivity contribution < 1.29 is 19.0 Å². The van der Waals surface area contributed by atoms with Crippen LogP contribution in [0.5, 0.6) is 5.75 Å². The second kappa shape index (κ2) is 7.88. The number of hydrogen-bond acceptors (Lipinski definition) is 6. The van der Waals surface area contributed by atoms with Gasteiger partial charge >= 0.3 is 5.97 Å². The molecule has 2 saturated carbocycles. The Morgan fingerprint density at radius 3 is 2.67 bits per heavy atom. The van der Waals surface area contributed by atoms with Gasteiger partial charge in [-0.3, -0.25) is 9.69 Å². The zero-order valence-corrected chi connectivity index (χ0v) is 20.3. The van der Waals surface area contributed by atoms with Gasteiger partial charge < -0.3 is 19.1 Å². The van der Waals surface area contributed by atoms with Crippen LogP contribution in [0.2, 0.25) is 0 Å². The van der Waals surface area contributed by atoms with Crippen molar-refractivity contribution in [1.82, 2.24) is 4.90 Å². The number of carbonyl (C=O) groups excluding carboxylic acids is 1. The van der Waals surface area contributed by atoms with Crippen molar-refractivity contribution in [2.45, 2.75) is 63.7 Å². The van der Waals surface area contributed by atoms with Gasteiger partial charge in [0.1, 0.15) is 11.9 Å². The molecule has 0 N–H and O–H groups in total. The maximum Gasteiger partial charge on any atom is 0.310 e. The number of carbonyl (C=O) groups is 1. The van der Waals surface area contributed by atoms with Crippen LogP contribution >= 0.6 is 0 Å². The Morgan fingerprint density at radius 2 is 1.97 bits per heavy atom. The molecule has 0 bridgehead atoms. The average Bonchev–Trinajstić information content (AvgIpc) is 3.51. The molecule has 7 atom stereocenters. The van der Waals surface area contributed by atoms with E-state index < -0.39 is 0 Å². The summed E-state index contributed by atoms with van der Waals surface area (Å²) in [5, 5.41) is 0. The summed E-state index contributed by atoms with van der Waals surface area (Å²) in [6, 6.07) is 8.74. The van der Waals surface area contributed by atoms with E-state index in [1.54, 1.807) is 7.11 Å². The highest BCUT2D eigenvalue weighted by Gasteiger charge is 2.65. The van der Waals surface area contributed by atoms with E-state index >= 15 is 0 Å². The highest BCUT2D eigenvalue weighted by molar-refractivity contribution is 5.75. The predicted molar refractivity (Wildman–Crippen MR) is 126 cm³/mol. The second-order valence-corrected chi connectivity index (χ2v) is 11.6. The number of esters is 1. The Labute approximate surface area is 197 Å². The summed E-state index contributed by atoms with van der Waals surface area (Å²) >= 11 is 0. The van der Waals surface area contributed by atoms with Crippen molar-refractivity contribution in [3.05, 3.63) is 24.3 Å². The van der Waals surface area contributed by atoms with Crippen LogP contribution in [0.4, 0.5) is 5.69 Å². The summed E-state index contributed by atoms with van der Waals surface area (Å²) in [5.74, 6) is 1.88.